The average Bonchev–Trinajstić information content (AvgIpc) is 1.98. The lowest BCUT2D eigenvalue weighted by Crippen LogP contribution is -1.66. The fourth-order valence-electron chi connectivity index (χ4n) is 0.419. The summed E-state index contributed by atoms with van der Waals surface area (Å²) < 4.78 is 0. The summed E-state index contributed by atoms with van der Waals surface area (Å²) in [5, 5.41) is 0. The van der Waals surface area contributed by atoms with Crippen LogP contribution in [0.1, 0.15) is 13.3 Å². The lowest BCUT2D eigenvalue weighted by Gasteiger charge is -1.86. The van der Waals surface area contributed by atoms with E-state index in [4.69, 9.17) is 0 Å². The zero-order valence-electron chi connectivity index (χ0n) is 6.21. The van der Waals surface area contributed by atoms with E-state index in [9.17, 15) is 4.79 Å². The zero-order chi connectivity index (χ0) is 7.82. The Bertz CT molecular complexity index is 164. The van der Waals surface area contributed by atoms with E-state index in [1.54, 1.807) is 12.2 Å². The second-order valence-corrected chi connectivity index (χ2v) is 1.89. The van der Waals surface area contributed by atoms with Crippen LogP contribution in [-0.2, 0) is 4.79 Å². The summed E-state index contributed by atoms with van der Waals surface area (Å²) in [5.74, 6) is 0. The summed E-state index contributed by atoms with van der Waals surface area (Å²) in [4.78, 5) is 9.78. The SMILES string of the molecule is C=C(/C=C\C=C\C=O)CC. The molecule has 0 aliphatic carbocycles. The smallest absolute Gasteiger partial charge is 0.142 e. The molecule has 1 nitrogen and oxygen atoms in total. The third-order valence-corrected chi connectivity index (χ3v) is 1.09. The first-order valence-electron chi connectivity index (χ1n) is 3.27. The lowest BCUT2D eigenvalue weighted by molar-refractivity contribution is -0.104. The van der Waals surface area contributed by atoms with Gasteiger partial charge < -0.3 is 0 Å². The predicted octanol–water partition coefficient (Wildman–Crippen LogP) is 2.26. The molecule has 0 fully saturated rings. The van der Waals surface area contributed by atoms with Crippen LogP contribution in [0, 0.1) is 0 Å². The van der Waals surface area contributed by atoms with Crippen molar-refractivity contribution in [2.45, 2.75) is 13.3 Å². The van der Waals surface area contributed by atoms with Gasteiger partial charge in [0.2, 0.25) is 0 Å². The molecule has 0 aromatic carbocycles. The molecule has 0 aromatic rings. The first kappa shape index (κ1) is 8.89. The van der Waals surface area contributed by atoms with Crippen molar-refractivity contribution in [3.8, 4) is 0 Å². The van der Waals surface area contributed by atoms with Gasteiger partial charge in [0.15, 0.2) is 0 Å². The van der Waals surface area contributed by atoms with Crippen molar-refractivity contribution in [1.29, 1.82) is 0 Å². The van der Waals surface area contributed by atoms with E-state index in [2.05, 4.69) is 6.58 Å². The van der Waals surface area contributed by atoms with Crippen LogP contribution in [0.3, 0.4) is 0 Å². The van der Waals surface area contributed by atoms with Gasteiger partial charge in [0.05, 0.1) is 0 Å². The fourth-order valence-corrected chi connectivity index (χ4v) is 0.419. The maximum atomic E-state index is 9.78. The van der Waals surface area contributed by atoms with Gasteiger partial charge in [-0.25, -0.2) is 0 Å². The molecule has 0 saturated carbocycles. The van der Waals surface area contributed by atoms with Crippen molar-refractivity contribution in [3.63, 3.8) is 0 Å². The molecule has 0 aromatic heterocycles. The molecule has 0 amide bonds. The van der Waals surface area contributed by atoms with Gasteiger partial charge in [-0.15, -0.1) is 0 Å². The van der Waals surface area contributed by atoms with Crippen LogP contribution >= 0.6 is 0 Å². The third-order valence-electron chi connectivity index (χ3n) is 1.09. The Morgan fingerprint density at radius 1 is 1.40 bits per heavy atom. The van der Waals surface area contributed by atoms with Gasteiger partial charge in [0, 0.05) is 0 Å². The highest BCUT2D eigenvalue weighted by molar-refractivity contribution is 5.65. The number of allylic oxidation sites excluding steroid dienone is 5. The van der Waals surface area contributed by atoms with Crippen LogP contribution in [0.4, 0.5) is 0 Å². The van der Waals surface area contributed by atoms with E-state index < -0.39 is 0 Å². The second kappa shape index (κ2) is 6.02. The highest BCUT2D eigenvalue weighted by atomic mass is 16.1. The quantitative estimate of drug-likeness (QED) is 0.329. The minimum Gasteiger partial charge on any atom is -0.299 e. The standard InChI is InChI=1S/C9H12O/c1-3-9(2)7-5-4-6-8-10/h4-8H,2-3H2,1H3/b6-4+,7-5-. The minimum absolute atomic E-state index is 0.749. The average molecular weight is 136 g/mol. The Morgan fingerprint density at radius 2 is 2.10 bits per heavy atom. The fraction of sp³-hybridized carbons (Fsp3) is 0.222. The van der Waals surface area contributed by atoms with Crippen LogP contribution in [-0.4, -0.2) is 6.29 Å². The van der Waals surface area contributed by atoms with Crippen molar-refractivity contribution in [2.75, 3.05) is 0 Å². The van der Waals surface area contributed by atoms with Gasteiger partial charge in [-0.05, 0) is 12.5 Å². The van der Waals surface area contributed by atoms with Crippen LogP contribution in [0.25, 0.3) is 0 Å². The van der Waals surface area contributed by atoms with Crippen molar-refractivity contribution in [3.05, 3.63) is 36.5 Å². The molecule has 0 aliphatic rings. The Labute approximate surface area is 61.8 Å². The molecule has 0 bridgehead atoms. The summed E-state index contributed by atoms with van der Waals surface area (Å²) in [7, 11) is 0. The monoisotopic (exact) mass is 136 g/mol. The topological polar surface area (TPSA) is 17.1 Å². The molecule has 0 aliphatic heterocycles. The molecule has 0 spiro atoms. The lowest BCUT2D eigenvalue weighted by atomic mass is 10.2. The summed E-state index contributed by atoms with van der Waals surface area (Å²) in [5.41, 5.74) is 1.07. The highest BCUT2D eigenvalue weighted by Gasteiger charge is 1.76. The maximum Gasteiger partial charge on any atom is 0.142 e. The van der Waals surface area contributed by atoms with Crippen molar-refractivity contribution in [1.82, 2.24) is 0 Å². The van der Waals surface area contributed by atoms with Gasteiger partial charge >= 0.3 is 0 Å². The molecule has 0 saturated heterocycles. The number of carbonyl (C=O) groups is 1. The maximum absolute atomic E-state index is 9.78. The van der Waals surface area contributed by atoms with E-state index in [0.29, 0.717) is 0 Å². The largest absolute Gasteiger partial charge is 0.299 e. The molecular formula is C9H12O. The van der Waals surface area contributed by atoms with Gasteiger partial charge in [0.1, 0.15) is 6.29 Å². The summed E-state index contributed by atoms with van der Waals surface area (Å²) in [6, 6.07) is 0. The van der Waals surface area contributed by atoms with Crippen LogP contribution in [0.5, 0.6) is 0 Å². The molecule has 0 unspecified atom stereocenters. The number of aldehydes is 1. The molecule has 54 valence electrons. The van der Waals surface area contributed by atoms with E-state index >= 15 is 0 Å². The molecule has 0 heterocycles. The third kappa shape index (κ3) is 5.04. The van der Waals surface area contributed by atoms with Crippen LogP contribution in [0.2, 0.25) is 0 Å². The Morgan fingerprint density at radius 3 is 2.60 bits per heavy atom. The molecule has 1 heteroatoms. The molecular weight excluding hydrogens is 124 g/mol. The second-order valence-electron chi connectivity index (χ2n) is 1.89. The Kier molecular flexibility index (Phi) is 5.35. The Hall–Kier alpha value is -1.11. The van der Waals surface area contributed by atoms with Crippen LogP contribution in [0.15, 0.2) is 36.5 Å². The molecule has 0 N–H and O–H groups in total. The van der Waals surface area contributed by atoms with E-state index in [1.165, 1.54) is 6.08 Å². The number of carbonyl (C=O) groups excluding carboxylic acids is 1. The van der Waals surface area contributed by atoms with Crippen molar-refractivity contribution >= 4 is 6.29 Å². The number of hydrogen-bond donors (Lipinski definition) is 0. The van der Waals surface area contributed by atoms with Gasteiger partial charge in [0.25, 0.3) is 0 Å². The summed E-state index contributed by atoms with van der Waals surface area (Å²) in [6.45, 7) is 5.80. The van der Waals surface area contributed by atoms with Gasteiger partial charge in [-0.1, -0.05) is 37.3 Å². The van der Waals surface area contributed by atoms with E-state index in [1.807, 2.05) is 13.0 Å². The highest BCUT2D eigenvalue weighted by Crippen LogP contribution is 1.96. The molecule has 10 heavy (non-hydrogen) atoms. The van der Waals surface area contributed by atoms with Gasteiger partial charge in [-0.2, -0.15) is 0 Å². The summed E-state index contributed by atoms with van der Waals surface area (Å²) in [6.07, 6.45) is 8.53. The summed E-state index contributed by atoms with van der Waals surface area (Å²) >= 11 is 0. The first-order chi connectivity index (χ1) is 4.81. The molecule has 0 rings (SSSR count). The minimum atomic E-state index is 0.749. The predicted molar refractivity (Wildman–Crippen MR) is 43.8 cm³/mol. The van der Waals surface area contributed by atoms with E-state index in [-0.39, 0.29) is 0 Å². The number of rotatable bonds is 4. The van der Waals surface area contributed by atoms with E-state index in [0.717, 1.165) is 18.3 Å². The van der Waals surface area contributed by atoms with Crippen molar-refractivity contribution in [2.24, 2.45) is 0 Å². The van der Waals surface area contributed by atoms with Crippen LogP contribution < -0.4 is 0 Å². The Balaban J connectivity index is 3.65. The molecule has 0 radical (unpaired) electrons. The number of hydrogen-bond acceptors (Lipinski definition) is 1. The van der Waals surface area contributed by atoms with Crippen molar-refractivity contribution < 1.29 is 4.79 Å². The molecule has 0 atom stereocenters. The zero-order valence-corrected chi connectivity index (χ0v) is 6.21. The normalized spacial score (nSPS) is 10.9. The van der Waals surface area contributed by atoms with Gasteiger partial charge in [-0.3, -0.25) is 4.79 Å². The first-order valence-corrected chi connectivity index (χ1v) is 3.27.